The summed E-state index contributed by atoms with van der Waals surface area (Å²) in [5.41, 5.74) is 5.22. The highest BCUT2D eigenvalue weighted by Gasteiger charge is 2.09. The van der Waals surface area contributed by atoms with Crippen LogP contribution in [0.5, 0.6) is 6.01 Å². The van der Waals surface area contributed by atoms with Gasteiger partial charge in [-0.25, -0.2) is 0 Å². The number of rotatable bonds is 3. The number of para-hydroxylation sites is 2. The molecule has 0 saturated carbocycles. The van der Waals surface area contributed by atoms with Gasteiger partial charge in [-0.1, -0.05) is 60.7 Å². The lowest BCUT2D eigenvalue weighted by atomic mass is 9.99. The molecular formula is C21H15N2O. The average Bonchev–Trinajstić information content (AvgIpc) is 2.92. The zero-order valence-corrected chi connectivity index (χ0v) is 13.0. The molecule has 0 aliphatic rings. The third kappa shape index (κ3) is 2.54. The van der Waals surface area contributed by atoms with E-state index in [0.717, 1.165) is 27.7 Å². The maximum Gasteiger partial charge on any atom is 0.295 e. The molecule has 0 spiro atoms. The lowest BCUT2D eigenvalue weighted by Gasteiger charge is -2.09. The van der Waals surface area contributed by atoms with Gasteiger partial charge in [-0.15, -0.1) is 0 Å². The lowest BCUT2D eigenvalue weighted by molar-refractivity contribution is 0.409. The zero-order valence-electron chi connectivity index (χ0n) is 13.0. The monoisotopic (exact) mass is 311 g/mol. The summed E-state index contributed by atoms with van der Waals surface area (Å²) in [4.78, 5) is 4.18. The fraction of sp³-hybridized carbons (Fsp3) is 0.0476. The van der Waals surface area contributed by atoms with Gasteiger partial charge in [0.15, 0.2) is 0 Å². The Bertz CT molecular complexity index is 1000. The second-order valence-electron chi connectivity index (χ2n) is 5.73. The molecule has 0 atom stereocenters. The van der Waals surface area contributed by atoms with Gasteiger partial charge in [0.05, 0.1) is 17.6 Å². The highest BCUT2D eigenvalue weighted by Crippen LogP contribution is 2.25. The molecule has 0 fully saturated rings. The van der Waals surface area contributed by atoms with E-state index in [1.54, 1.807) is 10.6 Å². The van der Waals surface area contributed by atoms with Crippen LogP contribution in [0, 0.1) is 6.92 Å². The Morgan fingerprint density at radius 3 is 2.38 bits per heavy atom. The second kappa shape index (κ2) is 5.85. The minimum absolute atomic E-state index is 0.0248. The third-order valence-electron chi connectivity index (χ3n) is 4.17. The summed E-state index contributed by atoms with van der Waals surface area (Å²) in [6, 6.07) is 23.3. The van der Waals surface area contributed by atoms with E-state index < -0.39 is 0 Å². The molecule has 0 saturated heterocycles. The molecule has 0 unspecified atom stereocenters. The number of imidazole rings is 1. The number of aromatic hydroxyl groups is 1. The molecule has 0 amide bonds. The Morgan fingerprint density at radius 1 is 0.875 bits per heavy atom. The average molecular weight is 311 g/mol. The van der Waals surface area contributed by atoms with Gasteiger partial charge < -0.3 is 5.11 Å². The predicted molar refractivity (Wildman–Crippen MR) is 94.7 cm³/mol. The third-order valence-corrected chi connectivity index (χ3v) is 4.17. The molecule has 24 heavy (non-hydrogen) atoms. The van der Waals surface area contributed by atoms with E-state index in [1.807, 2.05) is 66.7 Å². The molecule has 3 radical (unpaired) electrons. The molecule has 4 aromatic rings. The first kappa shape index (κ1) is 14.5. The highest BCUT2D eigenvalue weighted by molar-refractivity contribution is 5.76. The fourth-order valence-corrected chi connectivity index (χ4v) is 2.93. The maximum atomic E-state index is 10.1. The van der Waals surface area contributed by atoms with E-state index >= 15 is 0 Å². The van der Waals surface area contributed by atoms with Gasteiger partial charge in [0, 0.05) is 6.92 Å². The number of nitrogens with zero attached hydrogens (tertiary/aromatic N) is 2. The standard InChI is InChI=1S/C21H15N2O/c1-15-6-2-3-7-18(15)17-12-10-16(11-13-17)14-23-20-9-5-4-8-19(20)22-21(23)24/h2-13H,14H2,(H,22,24). The largest absolute Gasteiger partial charge is 0.480 e. The van der Waals surface area contributed by atoms with Gasteiger partial charge in [-0.05, 0) is 34.4 Å². The number of benzene rings is 3. The summed E-state index contributed by atoms with van der Waals surface area (Å²) in [7, 11) is 0. The first-order valence-electron chi connectivity index (χ1n) is 7.76. The van der Waals surface area contributed by atoms with Crippen molar-refractivity contribution >= 4 is 11.0 Å². The van der Waals surface area contributed by atoms with Gasteiger partial charge in [-0.2, -0.15) is 4.98 Å². The highest BCUT2D eigenvalue weighted by atomic mass is 16.3. The van der Waals surface area contributed by atoms with Gasteiger partial charge in [-0.3, -0.25) is 4.57 Å². The van der Waals surface area contributed by atoms with E-state index in [0.29, 0.717) is 12.1 Å². The van der Waals surface area contributed by atoms with Gasteiger partial charge in [0.25, 0.3) is 6.01 Å². The van der Waals surface area contributed by atoms with Crippen LogP contribution in [0.2, 0.25) is 0 Å². The zero-order chi connectivity index (χ0) is 16.5. The topological polar surface area (TPSA) is 38.0 Å². The Balaban J connectivity index is 1.66. The summed E-state index contributed by atoms with van der Waals surface area (Å²) in [6.45, 7) is 8.54. The second-order valence-corrected chi connectivity index (χ2v) is 5.73. The van der Waals surface area contributed by atoms with Gasteiger partial charge >= 0.3 is 0 Å². The quantitative estimate of drug-likeness (QED) is 0.609. The molecule has 1 N–H and O–H groups in total. The van der Waals surface area contributed by atoms with Crippen molar-refractivity contribution in [3.05, 3.63) is 90.8 Å². The van der Waals surface area contributed by atoms with Crippen LogP contribution < -0.4 is 0 Å². The van der Waals surface area contributed by atoms with Crippen molar-refractivity contribution in [2.75, 3.05) is 0 Å². The molecule has 1 heterocycles. The van der Waals surface area contributed by atoms with Crippen molar-refractivity contribution in [2.45, 2.75) is 6.54 Å². The van der Waals surface area contributed by atoms with Crippen LogP contribution in [0.15, 0.2) is 72.8 Å². The molecule has 4 rings (SSSR count). The van der Waals surface area contributed by atoms with Crippen molar-refractivity contribution in [2.24, 2.45) is 0 Å². The molecule has 3 aromatic carbocycles. The SMILES string of the molecule is [C]c1ccccc1-c1ccc(Cn2c(O)nc3ccccc32)cc1. The van der Waals surface area contributed by atoms with Crippen LogP contribution in [0.4, 0.5) is 0 Å². The smallest absolute Gasteiger partial charge is 0.295 e. The lowest BCUT2D eigenvalue weighted by Crippen LogP contribution is -1.99. The number of hydrogen-bond acceptors (Lipinski definition) is 2. The van der Waals surface area contributed by atoms with Crippen LogP contribution >= 0.6 is 0 Å². The van der Waals surface area contributed by atoms with E-state index in [4.69, 9.17) is 6.92 Å². The molecule has 3 nitrogen and oxygen atoms in total. The number of hydrogen-bond donors (Lipinski definition) is 1. The Labute approximate surface area is 140 Å². The summed E-state index contributed by atoms with van der Waals surface area (Å²) >= 11 is 0. The number of fused-ring (bicyclic) bond motifs is 1. The molecule has 1 aromatic heterocycles. The molecule has 115 valence electrons. The van der Waals surface area contributed by atoms with Crippen molar-refractivity contribution in [1.29, 1.82) is 0 Å². The van der Waals surface area contributed by atoms with E-state index in [1.165, 1.54) is 0 Å². The van der Waals surface area contributed by atoms with Crippen molar-refractivity contribution in [1.82, 2.24) is 9.55 Å². The summed E-state index contributed by atoms with van der Waals surface area (Å²) in [5, 5.41) is 10.1. The van der Waals surface area contributed by atoms with E-state index in [9.17, 15) is 5.11 Å². The minimum atomic E-state index is 0.0248. The molecule has 0 aliphatic carbocycles. The fourth-order valence-electron chi connectivity index (χ4n) is 2.93. The number of aromatic nitrogens is 2. The summed E-state index contributed by atoms with van der Waals surface area (Å²) in [5.74, 6) is 0. The van der Waals surface area contributed by atoms with Crippen molar-refractivity contribution in [3.8, 4) is 17.1 Å². The van der Waals surface area contributed by atoms with Crippen LogP contribution in [0.3, 0.4) is 0 Å². The van der Waals surface area contributed by atoms with E-state index in [-0.39, 0.29) is 6.01 Å². The van der Waals surface area contributed by atoms with Crippen molar-refractivity contribution in [3.63, 3.8) is 0 Å². The van der Waals surface area contributed by atoms with Crippen LogP contribution in [0.25, 0.3) is 22.2 Å². The Hall–Kier alpha value is -3.07. The normalized spacial score (nSPS) is 11.0. The minimum Gasteiger partial charge on any atom is -0.480 e. The first-order chi connectivity index (χ1) is 11.7. The summed E-state index contributed by atoms with van der Waals surface area (Å²) in [6.07, 6.45) is 0. The Morgan fingerprint density at radius 2 is 1.58 bits per heavy atom. The molecule has 0 aliphatic heterocycles. The Kier molecular flexibility index (Phi) is 3.54. The maximum absolute atomic E-state index is 10.1. The van der Waals surface area contributed by atoms with Crippen molar-refractivity contribution < 1.29 is 5.11 Å². The van der Waals surface area contributed by atoms with Crippen LogP contribution in [0.1, 0.15) is 11.1 Å². The van der Waals surface area contributed by atoms with Gasteiger partial charge in [0.1, 0.15) is 0 Å². The molecule has 3 heteroatoms. The van der Waals surface area contributed by atoms with E-state index in [2.05, 4.69) is 4.98 Å². The molecular weight excluding hydrogens is 296 g/mol. The molecule has 0 bridgehead atoms. The van der Waals surface area contributed by atoms with Crippen LogP contribution in [-0.2, 0) is 6.54 Å². The van der Waals surface area contributed by atoms with Gasteiger partial charge in [0.2, 0.25) is 0 Å². The first-order valence-corrected chi connectivity index (χ1v) is 7.76. The van der Waals surface area contributed by atoms with Crippen LogP contribution in [-0.4, -0.2) is 14.7 Å². The summed E-state index contributed by atoms with van der Waals surface area (Å²) < 4.78 is 1.79. The predicted octanol–water partition coefficient (Wildman–Crippen LogP) is 4.39.